The van der Waals surface area contributed by atoms with Crippen molar-refractivity contribution in [3.8, 4) is 0 Å². The van der Waals surface area contributed by atoms with E-state index in [0.29, 0.717) is 5.41 Å². The maximum absolute atomic E-state index is 3.76. The van der Waals surface area contributed by atoms with Crippen molar-refractivity contribution in [1.82, 2.24) is 5.32 Å². The molecule has 0 aromatic rings. The third kappa shape index (κ3) is 3.10. The fourth-order valence-corrected chi connectivity index (χ4v) is 4.74. The van der Waals surface area contributed by atoms with Gasteiger partial charge in [-0.25, -0.2) is 0 Å². The van der Waals surface area contributed by atoms with E-state index in [4.69, 9.17) is 0 Å². The molecule has 2 saturated carbocycles. The van der Waals surface area contributed by atoms with Gasteiger partial charge in [-0.3, -0.25) is 0 Å². The zero-order valence-corrected chi connectivity index (χ0v) is 12.8. The van der Waals surface area contributed by atoms with Gasteiger partial charge in [0.05, 0.1) is 0 Å². The van der Waals surface area contributed by atoms with Crippen LogP contribution in [0.25, 0.3) is 0 Å². The largest absolute Gasteiger partial charge is 0.314 e. The highest BCUT2D eigenvalue weighted by Crippen LogP contribution is 2.52. The fraction of sp³-hybridized carbons (Fsp3) is 1.00. The Morgan fingerprint density at radius 3 is 2.61 bits per heavy atom. The first-order chi connectivity index (χ1) is 8.69. The molecule has 18 heavy (non-hydrogen) atoms. The standard InChI is InChI=1S/C17H33N/c1-4-12-18-15-10-11-17(3,13-15)16-9-7-6-8-14(16)5-2/h14-16,18H,4-13H2,1-3H3. The van der Waals surface area contributed by atoms with Crippen LogP contribution in [0.5, 0.6) is 0 Å². The lowest BCUT2D eigenvalue weighted by molar-refractivity contribution is 0.0771. The van der Waals surface area contributed by atoms with Crippen LogP contribution >= 0.6 is 0 Å². The summed E-state index contributed by atoms with van der Waals surface area (Å²) in [5, 5.41) is 3.76. The Kier molecular flexibility index (Phi) is 5.12. The van der Waals surface area contributed by atoms with E-state index in [1.807, 2.05) is 0 Å². The van der Waals surface area contributed by atoms with Gasteiger partial charge in [-0.2, -0.15) is 0 Å². The Morgan fingerprint density at radius 1 is 1.11 bits per heavy atom. The summed E-state index contributed by atoms with van der Waals surface area (Å²) in [6, 6.07) is 0.814. The number of nitrogens with one attached hydrogen (secondary N) is 1. The van der Waals surface area contributed by atoms with Crippen molar-refractivity contribution in [2.24, 2.45) is 17.3 Å². The predicted octanol–water partition coefficient (Wildman–Crippen LogP) is 4.76. The second kappa shape index (κ2) is 6.41. The van der Waals surface area contributed by atoms with Gasteiger partial charge in [-0.05, 0) is 55.9 Å². The molecule has 2 fully saturated rings. The molecule has 1 N–H and O–H groups in total. The topological polar surface area (TPSA) is 12.0 Å². The molecule has 0 amide bonds. The van der Waals surface area contributed by atoms with Crippen LogP contribution in [0.3, 0.4) is 0 Å². The Labute approximate surface area is 114 Å². The molecule has 2 aliphatic rings. The Morgan fingerprint density at radius 2 is 1.89 bits per heavy atom. The maximum atomic E-state index is 3.76. The van der Waals surface area contributed by atoms with Crippen LogP contribution < -0.4 is 5.32 Å². The van der Waals surface area contributed by atoms with Gasteiger partial charge in [0.15, 0.2) is 0 Å². The highest BCUT2D eigenvalue weighted by Gasteiger charge is 2.44. The third-order valence-corrected chi connectivity index (χ3v) is 5.79. The maximum Gasteiger partial charge on any atom is 0.00725 e. The van der Waals surface area contributed by atoms with Crippen molar-refractivity contribution in [3.05, 3.63) is 0 Å². The molecule has 0 spiro atoms. The normalized spacial score (nSPS) is 41.2. The molecule has 1 nitrogen and oxygen atoms in total. The highest BCUT2D eigenvalue weighted by molar-refractivity contribution is 4.96. The van der Waals surface area contributed by atoms with Gasteiger partial charge in [0.25, 0.3) is 0 Å². The smallest absolute Gasteiger partial charge is 0.00725 e. The summed E-state index contributed by atoms with van der Waals surface area (Å²) in [7, 11) is 0. The first kappa shape index (κ1) is 14.4. The molecule has 1 heteroatoms. The van der Waals surface area contributed by atoms with Crippen LogP contribution in [0.15, 0.2) is 0 Å². The van der Waals surface area contributed by atoms with Crippen molar-refractivity contribution in [1.29, 1.82) is 0 Å². The van der Waals surface area contributed by atoms with E-state index in [1.165, 1.54) is 64.3 Å². The van der Waals surface area contributed by atoms with E-state index >= 15 is 0 Å². The average Bonchev–Trinajstić information content (AvgIpc) is 2.79. The van der Waals surface area contributed by atoms with Gasteiger partial charge in [-0.1, -0.05) is 46.5 Å². The predicted molar refractivity (Wildman–Crippen MR) is 79.8 cm³/mol. The van der Waals surface area contributed by atoms with Gasteiger partial charge in [0.2, 0.25) is 0 Å². The van der Waals surface area contributed by atoms with Crippen LogP contribution in [0.2, 0.25) is 0 Å². The molecule has 2 rings (SSSR count). The van der Waals surface area contributed by atoms with E-state index < -0.39 is 0 Å². The SMILES string of the molecule is CCCNC1CCC(C)(C2CCCCC2CC)C1. The summed E-state index contributed by atoms with van der Waals surface area (Å²) in [5.74, 6) is 2.04. The summed E-state index contributed by atoms with van der Waals surface area (Å²) in [4.78, 5) is 0. The minimum atomic E-state index is 0.645. The van der Waals surface area contributed by atoms with Gasteiger partial charge in [0.1, 0.15) is 0 Å². The second-order valence-corrected chi connectivity index (χ2v) is 7.11. The van der Waals surface area contributed by atoms with Crippen LogP contribution in [0, 0.1) is 17.3 Å². The van der Waals surface area contributed by atoms with Crippen LogP contribution in [0.1, 0.15) is 78.6 Å². The molecule has 0 aromatic carbocycles. The molecular formula is C17H33N. The van der Waals surface area contributed by atoms with Crippen molar-refractivity contribution in [2.45, 2.75) is 84.6 Å². The minimum absolute atomic E-state index is 0.645. The Hall–Kier alpha value is -0.0400. The molecule has 4 unspecified atom stereocenters. The first-order valence-corrected chi connectivity index (χ1v) is 8.43. The fourth-order valence-electron chi connectivity index (χ4n) is 4.74. The zero-order chi connectivity index (χ0) is 13.0. The Bertz CT molecular complexity index is 250. The van der Waals surface area contributed by atoms with Crippen LogP contribution in [-0.2, 0) is 0 Å². The summed E-state index contributed by atoms with van der Waals surface area (Å²) in [6.45, 7) is 8.49. The third-order valence-electron chi connectivity index (χ3n) is 5.79. The van der Waals surface area contributed by atoms with E-state index in [0.717, 1.165) is 17.9 Å². The molecule has 106 valence electrons. The summed E-state index contributed by atoms with van der Waals surface area (Å²) >= 11 is 0. The Balaban J connectivity index is 1.94. The van der Waals surface area contributed by atoms with E-state index in [1.54, 1.807) is 0 Å². The molecule has 0 saturated heterocycles. The summed E-state index contributed by atoms with van der Waals surface area (Å²) in [5.41, 5.74) is 0.645. The monoisotopic (exact) mass is 251 g/mol. The van der Waals surface area contributed by atoms with Gasteiger partial charge in [-0.15, -0.1) is 0 Å². The van der Waals surface area contributed by atoms with Crippen LogP contribution in [-0.4, -0.2) is 12.6 Å². The lowest BCUT2D eigenvalue weighted by Gasteiger charge is -2.42. The van der Waals surface area contributed by atoms with E-state index in [9.17, 15) is 0 Å². The number of hydrogen-bond donors (Lipinski definition) is 1. The highest BCUT2D eigenvalue weighted by atomic mass is 14.9. The molecule has 4 atom stereocenters. The van der Waals surface area contributed by atoms with Gasteiger partial charge in [0, 0.05) is 6.04 Å². The first-order valence-electron chi connectivity index (χ1n) is 8.43. The van der Waals surface area contributed by atoms with Gasteiger partial charge >= 0.3 is 0 Å². The van der Waals surface area contributed by atoms with Crippen molar-refractivity contribution in [2.75, 3.05) is 6.54 Å². The molecule has 0 aromatic heterocycles. The molecule has 0 aliphatic heterocycles. The van der Waals surface area contributed by atoms with E-state index in [-0.39, 0.29) is 0 Å². The lowest BCUT2D eigenvalue weighted by atomic mass is 9.63. The van der Waals surface area contributed by atoms with Crippen molar-refractivity contribution >= 4 is 0 Å². The average molecular weight is 251 g/mol. The molecular weight excluding hydrogens is 218 g/mol. The second-order valence-electron chi connectivity index (χ2n) is 7.11. The number of hydrogen-bond acceptors (Lipinski definition) is 1. The summed E-state index contributed by atoms with van der Waals surface area (Å²) in [6.07, 6.45) is 13.0. The quantitative estimate of drug-likeness (QED) is 0.743. The minimum Gasteiger partial charge on any atom is -0.314 e. The van der Waals surface area contributed by atoms with Crippen molar-refractivity contribution in [3.63, 3.8) is 0 Å². The van der Waals surface area contributed by atoms with Gasteiger partial charge < -0.3 is 5.32 Å². The molecule has 0 bridgehead atoms. The summed E-state index contributed by atoms with van der Waals surface area (Å²) < 4.78 is 0. The molecule has 2 aliphatic carbocycles. The van der Waals surface area contributed by atoms with Crippen molar-refractivity contribution < 1.29 is 0 Å². The number of rotatable bonds is 5. The zero-order valence-electron chi connectivity index (χ0n) is 12.8. The van der Waals surface area contributed by atoms with Crippen LogP contribution in [0.4, 0.5) is 0 Å². The molecule has 0 heterocycles. The van der Waals surface area contributed by atoms with E-state index in [2.05, 4.69) is 26.1 Å². The lowest BCUT2D eigenvalue weighted by Crippen LogP contribution is -2.35. The molecule has 0 radical (unpaired) electrons.